The van der Waals surface area contributed by atoms with Gasteiger partial charge in [-0.25, -0.2) is 4.99 Å². The molecule has 0 heterocycles. The fourth-order valence-electron chi connectivity index (χ4n) is 7.88. The number of nitrogens with one attached hydrogen (secondary N) is 1. The van der Waals surface area contributed by atoms with Gasteiger partial charge in [0.25, 0.3) is 0 Å². The Morgan fingerprint density at radius 2 is 1.57 bits per heavy atom. The molecule has 2 aliphatic carbocycles. The van der Waals surface area contributed by atoms with Gasteiger partial charge in [-0.1, -0.05) is 123 Å². The van der Waals surface area contributed by atoms with Crippen molar-refractivity contribution in [2.75, 3.05) is 0 Å². The molecule has 2 heteroatoms. The molecule has 0 aromatic carbocycles. The highest BCUT2D eigenvalue weighted by molar-refractivity contribution is 5.61. The Morgan fingerprint density at radius 1 is 0.905 bits per heavy atom. The predicted octanol–water partition coefficient (Wildman–Crippen LogP) is 10.8. The van der Waals surface area contributed by atoms with Crippen molar-refractivity contribution in [2.45, 2.75) is 170 Å². The Balaban J connectivity index is 1.62. The molecule has 2 rings (SSSR count). The van der Waals surface area contributed by atoms with Gasteiger partial charge < -0.3 is 0 Å². The van der Waals surface area contributed by atoms with Crippen LogP contribution in [-0.2, 0) is 0 Å². The molecular formula is C40H71N2+. The van der Waals surface area contributed by atoms with Crippen LogP contribution in [0.4, 0.5) is 0 Å². The fourth-order valence-corrected chi connectivity index (χ4v) is 7.88. The summed E-state index contributed by atoms with van der Waals surface area (Å²) in [5.41, 5.74) is 1.72. The Bertz CT molecular complexity index is 836. The van der Waals surface area contributed by atoms with Gasteiger partial charge in [0.05, 0.1) is 12.5 Å². The highest BCUT2D eigenvalue weighted by Gasteiger charge is 2.30. The number of allylic oxidation sites excluding steroid dienone is 4. The maximum absolute atomic E-state index is 4.81. The Morgan fingerprint density at radius 3 is 2.24 bits per heavy atom. The van der Waals surface area contributed by atoms with Crippen molar-refractivity contribution in [3.63, 3.8) is 0 Å². The molecule has 42 heavy (non-hydrogen) atoms. The van der Waals surface area contributed by atoms with Crippen molar-refractivity contribution < 1.29 is 4.99 Å². The molecule has 240 valence electrons. The molecule has 4 atom stereocenters. The van der Waals surface area contributed by atoms with E-state index in [1.807, 2.05) is 13.1 Å². The van der Waals surface area contributed by atoms with Crippen LogP contribution in [-0.4, -0.2) is 18.5 Å². The molecular weight excluding hydrogens is 508 g/mol. The van der Waals surface area contributed by atoms with Gasteiger partial charge >= 0.3 is 0 Å². The molecule has 0 aromatic heterocycles. The minimum atomic E-state index is 0.255. The lowest BCUT2D eigenvalue weighted by Crippen LogP contribution is -2.66. The lowest BCUT2D eigenvalue weighted by atomic mass is 9.69. The first kappa shape index (κ1) is 36.8. The van der Waals surface area contributed by atoms with Crippen molar-refractivity contribution in [2.24, 2.45) is 40.0 Å². The Kier molecular flexibility index (Phi) is 18.6. The number of aliphatic imine (C=N–C) groups is 1. The van der Waals surface area contributed by atoms with Gasteiger partial charge in [0.1, 0.15) is 6.21 Å². The zero-order valence-electron chi connectivity index (χ0n) is 29.2. The third-order valence-corrected chi connectivity index (χ3v) is 11.0. The lowest BCUT2D eigenvalue weighted by Gasteiger charge is -2.37. The highest BCUT2D eigenvalue weighted by Crippen LogP contribution is 2.42. The molecule has 0 amide bonds. The Labute approximate surface area is 263 Å². The van der Waals surface area contributed by atoms with Gasteiger partial charge in [-0.05, 0) is 93.5 Å². The molecule has 2 aliphatic rings. The van der Waals surface area contributed by atoms with E-state index < -0.39 is 0 Å². The quantitative estimate of drug-likeness (QED) is 0.0723. The minimum absolute atomic E-state index is 0.255. The summed E-state index contributed by atoms with van der Waals surface area (Å²) in [5.74, 6) is 4.89. The van der Waals surface area contributed by atoms with E-state index in [-0.39, 0.29) is 6.04 Å². The van der Waals surface area contributed by atoms with E-state index in [0.29, 0.717) is 5.41 Å². The van der Waals surface area contributed by atoms with E-state index in [9.17, 15) is 0 Å². The summed E-state index contributed by atoms with van der Waals surface area (Å²) in [6.07, 6.45) is 40.4. The molecule has 0 bridgehead atoms. The molecule has 2 nitrogen and oxygen atoms in total. The summed E-state index contributed by atoms with van der Waals surface area (Å²) < 4.78 is 0. The standard InChI is InChI=1S/C40H70N2/c1-8-17-39(42-30-28-38(10-3)41-11-4)21-15-13-12-14-18-34-19-16-20-35(23-22-34)32-37-26-24-36(25-27-37)31-33(5)40(6,7)29-9-2/h8,10-11,13,15,17,30,33-37,39H,9,12,14,16,18-29,31-32H2,1-7H3/p+1/b15-13+,17-8-,38-10+,41-11?,42-30?. The zero-order valence-corrected chi connectivity index (χ0v) is 29.2. The normalized spacial score (nSPS) is 26.5. The van der Waals surface area contributed by atoms with Crippen molar-refractivity contribution in [3.05, 3.63) is 36.1 Å². The molecule has 0 aliphatic heterocycles. The van der Waals surface area contributed by atoms with Gasteiger partial charge in [-0.2, -0.15) is 0 Å². The third kappa shape index (κ3) is 14.8. The van der Waals surface area contributed by atoms with Crippen LogP contribution in [0.1, 0.15) is 164 Å². The monoisotopic (exact) mass is 580 g/mol. The zero-order chi connectivity index (χ0) is 30.6. The summed E-state index contributed by atoms with van der Waals surface area (Å²) in [4.78, 5) is 8.09. The SMILES string of the molecule is CC=[NH+]/C(=C/C)CC=NC(/C=C\C)C/C=C/CCCC1CCCC(CC2CCC(CC(C)C(C)(C)CCC)CC2)CC1. The van der Waals surface area contributed by atoms with Crippen LogP contribution in [0.15, 0.2) is 41.1 Å². The van der Waals surface area contributed by atoms with Crippen molar-refractivity contribution in [1.82, 2.24) is 0 Å². The Hall–Kier alpha value is -1.44. The van der Waals surface area contributed by atoms with Gasteiger partial charge in [-0.3, -0.25) is 4.99 Å². The van der Waals surface area contributed by atoms with E-state index in [0.717, 1.165) is 42.4 Å². The summed E-state index contributed by atoms with van der Waals surface area (Å²) >= 11 is 0. The fraction of sp³-hybridized carbons (Fsp3) is 0.800. The summed E-state index contributed by atoms with van der Waals surface area (Å²) in [6, 6.07) is 0.255. The van der Waals surface area contributed by atoms with Crippen LogP contribution in [0.3, 0.4) is 0 Å². The van der Waals surface area contributed by atoms with Crippen LogP contribution in [0.2, 0.25) is 0 Å². The van der Waals surface area contributed by atoms with Crippen LogP contribution < -0.4 is 4.99 Å². The number of hydrogen-bond donors (Lipinski definition) is 1. The summed E-state index contributed by atoms with van der Waals surface area (Å²) in [6.45, 7) is 16.1. The van der Waals surface area contributed by atoms with Gasteiger partial charge in [0.15, 0.2) is 5.70 Å². The maximum atomic E-state index is 4.81. The van der Waals surface area contributed by atoms with Crippen molar-refractivity contribution >= 4 is 12.4 Å². The van der Waals surface area contributed by atoms with E-state index in [2.05, 4.69) is 83.1 Å². The number of rotatable bonds is 18. The number of unbranched alkanes of at least 4 members (excludes halogenated alkanes) is 1. The second-order valence-corrected chi connectivity index (χ2v) is 14.8. The average molecular weight is 580 g/mol. The number of nitrogens with zero attached hydrogens (tertiary/aromatic N) is 1. The molecule has 4 unspecified atom stereocenters. The third-order valence-electron chi connectivity index (χ3n) is 11.0. The first-order valence-corrected chi connectivity index (χ1v) is 18.3. The molecule has 0 saturated heterocycles. The van der Waals surface area contributed by atoms with Crippen LogP contribution >= 0.6 is 0 Å². The van der Waals surface area contributed by atoms with E-state index >= 15 is 0 Å². The lowest BCUT2D eigenvalue weighted by molar-refractivity contribution is -0.393. The van der Waals surface area contributed by atoms with Gasteiger partial charge in [0, 0.05) is 13.1 Å². The molecule has 2 fully saturated rings. The van der Waals surface area contributed by atoms with E-state index in [4.69, 9.17) is 4.99 Å². The minimum Gasteiger partial charge on any atom is -0.289 e. The highest BCUT2D eigenvalue weighted by atomic mass is 14.8. The molecule has 2 saturated carbocycles. The second-order valence-electron chi connectivity index (χ2n) is 14.8. The van der Waals surface area contributed by atoms with Crippen molar-refractivity contribution in [3.8, 4) is 0 Å². The van der Waals surface area contributed by atoms with Crippen molar-refractivity contribution in [1.29, 1.82) is 0 Å². The van der Waals surface area contributed by atoms with Crippen LogP contribution in [0.5, 0.6) is 0 Å². The molecule has 0 spiro atoms. The summed E-state index contributed by atoms with van der Waals surface area (Å²) in [7, 11) is 0. The average Bonchev–Trinajstić information content (AvgIpc) is 3.20. The van der Waals surface area contributed by atoms with Crippen LogP contribution in [0, 0.1) is 35.0 Å². The molecule has 0 aromatic rings. The van der Waals surface area contributed by atoms with Crippen LogP contribution in [0.25, 0.3) is 0 Å². The summed E-state index contributed by atoms with van der Waals surface area (Å²) in [5, 5.41) is 0. The maximum Gasteiger partial charge on any atom is 0.180 e. The first-order chi connectivity index (χ1) is 20.3. The predicted molar refractivity (Wildman–Crippen MR) is 188 cm³/mol. The molecule has 0 radical (unpaired) electrons. The second kappa shape index (κ2) is 21.3. The van der Waals surface area contributed by atoms with Gasteiger partial charge in [-0.15, -0.1) is 0 Å². The van der Waals surface area contributed by atoms with Gasteiger partial charge in [0.2, 0.25) is 0 Å². The smallest absolute Gasteiger partial charge is 0.180 e. The number of hydrogen-bond acceptors (Lipinski definition) is 1. The molecule has 1 N–H and O–H groups in total. The topological polar surface area (TPSA) is 26.3 Å². The largest absolute Gasteiger partial charge is 0.289 e. The van der Waals surface area contributed by atoms with E-state index in [1.54, 1.807) is 6.42 Å². The van der Waals surface area contributed by atoms with E-state index in [1.165, 1.54) is 102 Å². The first-order valence-electron chi connectivity index (χ1n) is 18.3.